The van der Waals surface area contributed by atoms with Gasteiger partial charge in [0.05, 0.1) is 12.2 Å². The maximum Gasteiger partial charge on any atom is 0.0704 e. The lowest BCUT2D eigenvalue weighted by molar-refractivity contribution is -0.161. The minimum absolute atomic E-state index is 0.295. The third kappa shape index (κ3) is 1.25. The van der Waals surface area contributed by atoms with E-state index in [1.165, 1.54) is 32.1 Å². The lowest BCUT2D eigenvalue weighted by atomic mass is 9.78. The Bertz CT molecular complexity index is 246. The van der Waals surface area contributed by atoms with Crippen LogP contribution in [0.1, 0.15) is 39.0 Å². The van der Waals surface area contributed by atoms with E-state index >= 15 is 0 Å². The standard InChI is InChI=1S/C13H20O/c1-2-13(5-6-14-13)9-12-8-10-3-4-11(12)7-10/h3-4,10-12H,2,5-9H2,1H3. The number of ether oxygens (including phenoxy) is 1. The molecule has 3 rings (SSSR count). The largest absolute Gasteiger partial charge is 0.375 e. The molecule has 0 radical (unpaired) electrons. The van der Waals surface area contributed by atoms with Gasteiger partial charge >= 0.3 is 0 Å². The summed E-state index contributed by atoms with van der Waals surface area (Å²) in [7, 11) is 0. The smallest absolute Gasteiger partial charge is 0.0704 e. The van der Waals surface area contributed by atoms with Gasteiger partial charge in [0.2, 0.25) is 0 Å². The van der Waals surface area contributed by atoms with Gasteiger partial charge in [-0.3, -0.25) is 0 Å². The molecule has 0 amide bonds. The van der Waals surface area contributed by atoms with Gasteiger partial charge in [-0.2, -0.15) is 0 Å². The molecule has 1 nitrogen and oxygen atoms in total. The molecule has 78 valence electrons. The van der Waals surface area contributed by atoms with Crippen molar-refractivity contribution in [3.05, 3.63) is 12.2 Å². The summed E-state index contributed by atoms with van der Waals surface area (Å²) in [4.78, 5) is 0. The molecular weight excluding hydrogens is 172 g/mol. The fraction of sp³-hybridized carbons (Fsp3) is 0.846. The van der Waals surface area contributed by atoms with Gasteiger partial charge in [-0.1, -0.05) is 19.1 Å². The van der Waals surface area contributed by atoms with E-state index in [4.69, 9.17) is 4.74 Å². The summed E-state index contributed by atoms with van der Waals surface area (Å²) in [5, 5.41) is 0. The number of allylic oxidation sites excluding steroid dienone is 2. The Morgan fingerprint density at radius 2 is 2.21 bits per heavy atom. The summed E-state index contributed by atoms with van der Waals surface area (Å²) in [6.07, 6.45) is 11.6. The summed E-state index contributed by atoms with van der Waals surface area (Å²) in [6, 6.07) is 0. The van der Waals surface area contributed by atoms with Crippen LogP contribution in [0.15, 0.2) is 12.2 Å². The van der Waals surface area contributed by atoms with Crippen molar-refractivity contribution in [1.29, 1.82) is 0 Å². The number of fused-ring (bicyclic) bond motifs is 2. The van der Waals surface area contributed by atoms with Crippen LogP contribution in [0.3, 0.4) is 0 Å². The third-order valence-electron chi connectivity index (χ3n) is 4.66. The van der Waals surface area contributed by atoms with Gasteiger partial charge in [0.25, 0.3) is 0 Å². The van der Waals surface area contributed by atoms with Crippen LogP contribution < -0.4 is 0 Å². The molecule has 1 heteroatoms. The second-order valence-corrected chi connectivity index (χ2v) is 5.38. The highest BCUT2D eigenvalue weighted by molar-refractivity contribution is 5.11. The molecule has 4 unspecified atom stereocenters. The fourth-order valence-corrected chi connectivity index (χ4v) is 3.58. The second kappa shape index (κ2) is 3.10. The van der Waals surface area contributed by atoms with Crippen molar-refractivity contribution in [3.63, 3.8) is 0 Å². The Kier molecular flexibility index (Phi) is 1.98. The summed E-state index contributed by atoms with van der Waals surface area (Å²) < 4.78 is 5.81. The van der Waals surface area contributed by atoms with Crippen molar-refractivity contribution in [1.82, 2.24) is 0 Å². The van der Waals surface area contributed by atoms with Crippen LogP contribution in [0.2, 0.25) is 0 Å². The molecule has 3 aliphatic rings. The van der Waals surface area contributed by atoms with E-state index in [0.717, 1.165) is 24.4 Å². The molecule has 4 atom stereocenters. The van der Waals surface area contributed by atoms with E-state index in [1.807, 2.05) is 0 Å². The topological polar surface area (TPSA) is 9.23 Å². The highest BCUT2D eigenvalue weighted by atomic mass is 16.5. The Morgan fingerprint density at radius 3 is 2.64 bits per heavy atom. The molecule has 1 heterocycles. The average Bonchev–Trinajstić information content (AvgIpc) is 2.72. The van der Waals surface area contributed by atoms with Crippen LogP contribution in [0.4, 0.5) is 0 Å². The number of hydrogen-bond acceptors (Lipinski definition) is 1. The number of hydrogen-bond donors (Lipinski definition) is 0. The van der Waals surface area contributed by atoms with Gasteiger partial charge < -0.3 is 4.74 Å². The van der Waals surface area contributed by atoms with Crippen LogP contribution in [0.5, 0.6) is 0 Å². The molecule has 2 fully saturated rings. The highest BCUT2D eigenvalue weighted by Crippen LogP contribution is 2.49. The lowest BCUT2D eigenvalue weighted by Crippen LogP contribution is -2.45. The zero-order valence-electron chi connectivity index (χ0n) is 9.04. The lowest BCUT2D eigenvalue weighted by Gasteiger charge is -2.44. The van der Waals surface area contributed by atoms with Crippen molar-refractivity contribution >= 4 is 0 Å². The molecule has 1 aliphatic heterocycles. The molecule has 0 aromatic rings. The summed E-state index contributed by atoms with van der Waals surface area (Å²) in [6.45, 7) is 3.28. The Hall–Kier alpha value is -0.300. The van der Waals surface area contributed by atoms with Gasteiger partial charge in [0, 0.05) is 0 Å². The highest BCUT2D eigenvalue weighted by Gasteiger charge is 2.44. The zero-order chi connectivity index (χ0) is 9.60. The van der Waals surface area contributed by atoms with Crippen LogP contribution in [0.25, 0.3) is 0 Å². The molecule has 0 aromatic carbocycles. The van der Waals surface area contributed by atoms with Crippen molar-refractivity contribution in [2.45, 2.75) is 44.6 Å². The molecule has 2 bridgehead atoms. The SMILES string of the molecule is CCC1(CC2CC3C=CC2C3)CCO1. The fourth-order valence-electron chi connectivity index (χ4n) is 3.58. The molecular formula is C13H20O. The summed E-state index contributed by atoms with van der Waals surface area (Å²) in [5.74, 6) is 2.75. The monoisotopic (exact) mass is 192 g/mol. The van der Waals surface area contributed by atoms with Gasteiger partial charge in [-0.15, -0.1) is 0 Å². The third-order valence-corrected chi connectivity index (χ3v) is 4.66. The first kappa shape index (κ1) is 8.96. The first-order chi connectivity index (χ1) is 6.81. The quantitative estimate of drug-likeness (QED) is 0.624. The van der Waals surface area contributed by atoms with E-state index in [-0.39, 0.29) is 0 Å². The molecule has 1 saturated heterocycles. The van der Waals surface area contributed by atoms with Crippen LogP contribution >= 0.6 is 0 Å². The molecule has 0 spiro atoms. The molecule has 0 aromatic heterocycles. The first-order valence-electron chi connectivity index (χ1n) is 6.14. The predicted octanol–water partition coefficient (Wildman–Crippen LogP) is 3.16. The van der Waals surface area contributed by atoms with Crippen molar-refractivity contribution in [2.75, 3.05) is 6.61 Å². The van der Waals surface area contributed by atoms with Crippen LogP contribution in [-0.4, -0.2) is 12.2 Å². The van der Waals surface area contributed by atoms with Gasteiger partial charge in [-0.25, -0.2) is 0 Å². The molecule has 14 heavy (non-hydrogen) atoms. The Balaban J connectivity index is 1.65. The van der Waals surface area contributed by atoms with Gasteiger partial charge in [0.15, 0.2) is 0 Å². The zero-order valence-corrected chi connectivity index (χ0v) is 9.04. The predicted molar refractivity (Wildman–Crippen MR) is 57.1 cm³/mol. The summed E-state index contributed by atoms with van der Waals surface area (Å²) in [5.41, 5.74) is 0.295. The Labute approximate surface area is 86.5 Å². The maximum absolute atomic E-state index is 5.81. The first-order valence-corrected chi connectivity index (χ1v) is 6.14. The molecule has 2 aliphatic carbocycles. The Morgan fingerprint density at radius 1 is 1.36 bits per heavy atom. The van der Waals surface area contributed by atoms with E-state index < -0.39 is 0 Å². The van der Waals surface area contributed by atoms with Gasteiger partial charge in [-0.05, 0) is 49.9 Å². The maximum atomic E-state index is 5.81. The van der Waals surface area contributed by atoms with Crippen molar-refractivity contribution in [2.24, 2.45) is 17.8 Å². The van der Waals surface area contributed by atoms with Crippen molar-refractivity contribution in [3.8, 4) is 0 Å². The van der Waals surface area contributed by atoms with E-state index in [1.54, 1.807) is 0 Å². The normalized spacial score (nSPS) is 49.6. The second-order valence-electron chi connectivity index (χ2n) is 5.38. The average molecular weight is 192 g/mol. The number of rotatable bonds is 3. The van der Waals surface area contributed by atoms with Crippen LogP contribution in [-0.2, 0) is 4.74 Å². The molecule has 0 N–H and O–H groups in total. The summed E-state index contributed by atoms with van der Waals surface area (Å²) >= 11 is 0. The van der Waals surface area contributed by atoms with Gasteiger partial charge in [0.1, 0.15) is 0 Å². The minimum Gasteiger partial charge on any atom is -0.375 e. The molecule has 1 saturated carbocycles. The minimum atomic E-state index is 0.295. The van der Waals surface area contributed by atoms with Crippen molar-refractivity contribution < 1.29 is 4.74 Å². The van der Waals surface area contributed by atoms with Crippen LogP contribution in [0, 0.1) is 17.8 Å². The van der Waals surface area contributed by atoms with E-state index in [9.17, 15) is 0 Å². The van der Waals surface area contributed by atoms with E-state index in [2.05, 4.69) is 19.1 Å². The van der Waals surface area contributed by atoms with E-state index in [0.29, 0.717) is 5.60 Å².